The fourth-order valence-electron chi connectivity index (χ4n) is 2.65. The second-order valence-corrected chi connectivity index (χ2v) is 3.99. The molecule has 1 heteroatoms. The fraction of sp³-hybridized carbons (Fsp3) is 0.889. The molecule has 2 aliphatic rings. The van der Waals surface area contributed by atoms with E-state index in [0.29, 0.717) is 17.6 Å². The van der Waals surface area contributed by atoms with E-state index in [1.165, 1.54) is 6.42 Å². The van der Waals surface area contributed by atoms with Crippen molar-refractivity contribution in [1.29, 1.82) is 0 Å². The average Bonchev–Trinajstić information content (AvgIpc) is 2.36. The fourth-order valence-corrected chi connectivity index (χ4v) is 2.65. The van der Waals surface area contributed by atoms with Crippen LogP contribution in [0.3, 0.4) is 0 Å². The SMILES string of the molecule is C[C@@H]1[C@@H]2CC(=O)[C@@H](C2)[C@H]1C. The number of carbonyl (C=O) groups excluding carboxylic acids is 1. The van der Waals surface area contributed by atoms with Crippen LogP contribution in [0.5, 0.6) is 0 Å². The van der Waals surface area contributed by atoms with Gasteiger partial charge in [0.1, 0.15) is 5.78 Å². The average molecular weight is 138 g/mol. The quantitative estimate of drug-likeness (QED) is 0.499. The Labute approximate surface area is 61.8 Å². The minimum atomic E-state index is 0.444. The zero-order chi connectivity index (χ0) is 7.30. The predicted octanol–water partition coefficient (Wildman–Crippen LogP) is 1.87. The Hall–Kier alpha value is -0.330. The highest BCUT2D eigenvalue weighted by Gasteiger charge is 2.47. The summed E-state index contributed by atoms with van der Waals surface area (Å²) in [7, 11) is 0. The van der Waals surface area contributed by atoms with Gasteiger partial charge in [-0.1, -0.05) is 13.8 Å². The van der Waals surface area contributed by atoms with Crippen LogP contribution in [0.2, 0.25) is 0 Å². The molecule has 0 spiro atoms. The van der Waals surface area contributed by atoms with Crippen LogP contribution in [0.4, 0.5) is 0 Å². The first-order valence-electron chi connectivity index (χ1n) is 4.23. The van der Waals surface area contributed by atoms with Crippen molar-refractivity contribution in [2.45, 2.75) is 26.7 Å². The van der Waals surface area contributed by atoms with Gasteiger partial charge in [0.2, 0.25) is 0 Å². The summed E-state index contributed by atoms with van der Waals surface area (Å²) >= 11 is 0. The molecule has 2 bridgehead atoms. The summed E-state index contributed by atoms with van der Waals surface area (Å²) in [4.78, 5) is 11.2. The molecule has 2 fully saturated rings. The molecule has 4 atom stereocenters. The van der Waals surface area contributed by atoms with E-state index >= 15 is 0 Å². The molecule has 0 unspecified atom stereocenters. The molecule has 0 aromatic rings. The van der Waals surface area contributed by atoms with E-state index in [-0.39, 0.29) is 0 Å². The van der Waals surface area contributed by atoms with Crippen molar-refractivity contribution in [3.8, 4) is 0 Å². The normalized spacial score (nSPS) is 52.4. The second-order valence-electron chi connectivity index (χ2n) is 3.99. The molecule has 0 amide bonds. The summed E-state index contributed by atoms with van der Waals surface area (Å²) < 4.78 is 0. The molecule has 0 aromatic carbocycles. The molecule has 10 heavy (non-hydrogen) atoms. The maximum atomic E-state index is 11.2. The van der Waals surface area contributed by atoms with Crippen LogP contribution in [0.15, 0.2) is 0 Å². The van der Waals surface area contributed by atoms with E-state index in [9.17, 15) is 4.79 Å². The second kappa shape index (κ2) is 1.84. The number of rotatable bonds is 0. The maximum absolute atomic E-state index is 11.2. The standard InChI is InChI=1S/C9H14O/c1-5-6(2)8-3-7(5)4-9(8)10/h5-8H,3-4H2,1-2H3/t5-,6-,7-,8-/m0/s1. The van der Waals surface area contributed by atoms with E-state index in [4.69, 9.17) is 0 Å². The van der Waals surface area contributed by atoms with Crippen molar-refractivity contribution in [1.82, 2.24) is 0 Å². The lowest BCUT2D eigenvalue weighted by Gasteiger charge is -2.23. The lowest BCUT2D eigenvalue weighted by molar-refractivity contribution is -0.123. The van der Waals surface area contributed by atoms with Crippen molar-refractivity contribution in [2.24, 2.45) is 23.7 Å². The van der Waals surface area contributed by atoms with Gasteiger partial charge in [0.05, 0.1) is 0 Å². The molecular formula is C9H14O. The zero-order valence-electron chi connectivity index (χ0n) is 6.63. The van der Waals surface area contributed by atoms with E-state index in [1.807, 2.05) is 0 Å². The van der Waals surface area contributed by atoms with Gasteiger partial charge in [-0.05, 0) is 24.2 Å². The lowest BCUT2D eigenvalue weighted by atomic mass is 9.81. The van der Waals surface area contributed by atoms with Crippen LogP contribution in [0, 0.1) is 23.7 Å². The topological polar surface area (TPSA) is 17.1 Å². The molecule has 0 radical (unpaired) electrons. The zero-order valence-corrected chi connectivity index (χ0v) is 6.63. The number of fused-ring (bicyclic) bond motifs is 2. The Morgan fingerprint density at radius 1 is 1.30 bits per heavy atom. The molecule has 0 heterocycles. The molecule has 2 aliphatic carbocycles. The Bertz CT molecular complexity index is 172. The first kappa shape index (κ1) is 6.38. The highest BCUT2D eigenvalue weighted by atomic mass is 16.1. The molecule has 0 aromatic heterocycles. The van der Waals surface area contributed by atoms with Crippen molar-refractivity contribution in [3.63, 3.8) is 0 Å². The van der Waals surface area contributed by atoms with Crippen LogP contribution >= 0.6 is 0 Å². The summed E-state index contributed by atoms with van der Waals surface area (Å²) in [6.45, 7) is 4.52. The van der Waals surface area contributed by atoms with Gasteiger partial charge in [-0.25, -0.2) is 0 Å². The van der Waals surface area contributed by atoms with Crippen molar-refractivity contribution in [2.75, 3.05) is 0 Å². The van der Waals surface area contributed by atoms with Crippen molar-refractivity contribution in [3.05, 3.63) is 0 Å². The number of hydrogen-bond donors (Lipinski definition) is 0. The third-order valence-electron chi connectivity index (χ3n) is 3.64. The van der Waals surface area contributed by atoms with Gasteiger partial charge >= 0.3 is 0 Å². The first-order valence-corrected chi connectivity index (χ1v) is 4.23. The number of hydrogen-bond acceptors (Lipinski definition) is 1. The minimum absolute atomic E-state index is 0.444. The van der Waals surface area contributed by atoms with Gasteiger partial charge in [-0.2, -0.15) is 0 Å². The summed E-state index contributed by atoms with van der Waals surface area (Å²) in [5.74, 6) is 3.21. The summed E-state index contributed by atoms with van der Waals surface area (Å²) in [6.07, 6.45) is 2.08. The molecule has 56 valence electrons. The summed E-state index contributed by atoms with van der Waals surface area (Å²) in [5, 5.41) is 0. The molecule has 2 saturated carbocycles. The molecule has 2 rings (SSSR count). The maximum Gasteiger partial charge on any atom is 0.136 e. The van der Waals surface area contributed by atoms with E-state index in [2.05, 4.69) is 13.8 Å². The molecule has 1 nitrogen and oxygen atoms in total. The van der Waals surface area contributed by atoms with Gasteiger partial charge < -0.3 is 0 Å². The van der Waals surface area contributed by atoms with Crippen LogP contribution in [0.25, 0.3) is 0 Å². The first-order chi connectivity index (χ1) is 4.70. The highest BCUT2D eigenvalue weighted by Crippen LogP contribution is 2.49. The Kier molecular flexibility index (Phi) is 1.17. The Morgan fingerprint density at radius 3 is 2.40 bits per heavy atom. The monoisotopic (exact) mass is 138 g/mol. The van der Waals surface area contributed by atoms with Gasteiger partial charge in [0.15, 0.2) is 0 Å². The Morgan fingerprint density at radius 2 is 2.00 bits per heavy atom. The smallest absolute Gasteiger partial charge is 0.136 e. The largest absolute Gasteiger partial charge is 0.299 e. The molecule has 0 N–H and O–H groups in total. The van der Waals surface area contributed by atoms with Crippen LogP contribution < -0.4 is 0 Å². The Balaban J connectivity index is 2.24. The van der Waals surface area contributed by atoms with E-state index in [1.54, 1.807) is 0 Å². The predicted molar refractivity (Wildman–Crippen MR) is 39.5 cm³/mol. The molecule has 0 saturated heterocycles. The van der Waals surface area contributed by atoms with Crippen LogP contribution in [-0.2, 0) is 4.79 Å². The van der Waals surface area contributed by atoms with Crippen molar-refractivity contribution < 1.29 is 4.79 Å². The van der Waals surface area contributed by atoms with Crippen molar-refractivity contribution >= 4 is 5.78 Å². The molecular weight excluding hydrogens is 124 g/mol. The van der Waals surface area contributed by atoms with E-state index in [0.717, 1.165) is 18.3 Å². The number of carbonyl (C=O) groups is 1. The summed E-state index contributed by atoms with van der Waals surface area (Å²) in [5.41, 5.74) is 0. The minimum Gasteiger partial charge on any atom is -0.299 e. The third-order valence-corrected chi connectivity index (χ3v) is 3.64. The molecule has 0 aliphatic heterocycles. The van der Waals surface area contributed by atoms with E-state index < -0.39 is 0 Å². The number of Topliss-reactive ketones (excluding diaryl/α,β-unsaturated/α-hetero) is 1. The van der Waals surface area contributed by atoms with Gasteiger partial charge in [-0.15, -0.1) is 0 Å². The number of ketones is 1. The summed E-state index contributed by atoms with van der Waals surface area (Å²) in [6, 6.07) is 0. The lowest BCUT2D eigenvalue weighted by Crippen LogP contribution is -2.23. The van der Waals surface area contributed by atoms with Crippen LogP contribution in [0.1, 0.15) is 26.7 Å². The highest BCUT2D eigenvalue weighted by molar-refractivity contribution is 5.84. The van der Waals surface area contributed by atoms with Gasteiger partial charge in [-0.3, -0.25) is 4.79 Å². The van der Waals surface area contributed by atoms with Crippen LogP contribution in [-0.4, -0.2) is 5.78 Å². The van der Waals surface area contributed by atoms with Gasteiger partial charge in [0.25, 0.3) is 0 Å². The van der Waals surface area contributed by atoms with Gasteiger partial charge in [0, 0.05) is 12.3 Å². The third kappa shape index (κ3) is 0.609.